The van der Waals surface area contributed by atoms with Gasteiger partial charge in [-0.15, -0.1) is 0 Å². The summed E-state index contributed by atoms with van der Waals surface area (Å²) >= 11 is 0. The van der Waals surface area contributed by atoms with Crippen LogP contribution in [0.2, 0.25) is 0 Å². The van der Waals surface area contributed by atoms with E-state index in [2.05, 4.69) is 11.9 Å². The molecule has 1 aromatic heterocycles. The van der Waals surface area contributed by atoms with Crippen molar-refractivity contribution in [3.63, 3.8) is 0 Å². The van der Waals surface area contributed by atoms with Crippen molar-refractivity contribution in [2.45, 2.75) is 25.8 Å². The molecule has 2 atom stereocenters. The number of likely N-dealkylation sites (tertiary alicyclic amines) is 1. The minimum absolute atomic E-state index is 0.0243. The molecule has 0 bridgehead atoms. The van der Waals surface area contributed by atoms with E-state index < -0.39 is 0 Å². The third kappa shape index (κ3) is 2.49. The number of carbonyl (C=O) groups is 1. The maximum absolute atomic E-state index is 12.3. The van der Waals surface area contributed by atoms with Gasteiger partial charge in [-0.3, -0.25) is 4.79 Å². The van der Waals surface area contributed by atoms with Crippen LogP contribution in [0.5, 0.6) is 0 Å². The lowest BCUT2D eigenvalue weighted by Gasteiger charge is -2.37. The Balaban J connectivity index is 2.12. The summed E-state index contributed by atoms with van der Waals surface area (Å²) in [6, 6.07) is 0.285. The van der Waals surface area contributed by atoms with Crippen LogP contribution < -0.4 is 5.73 Å². The Morgan fingerprint density at radius 1 is 1.59 bits per heavy atom. The molecule has 1 fully saturated rings. The highest BCUT2D eigenvalue weighted by Crippen LogP contribution is 2.22. The predicted molar refractivity (Wildman–Crippen MR) is 65.5 cm³/mol. The van der Waals surface area contributed by atoms with Crippen LogP contribution in [0.4, 0.5) is 0 Å². The highest BCUT2D eigenvalue weighted by Gasteiger charge is 2.29. The fraction of sp³-hybridized carbons (Fsp3) is 0.667. The highest BCUT2D eigenvalue weighted by atomic mass is 16.2. The lowest BCUT2D eigenvalue weighted by Crippen LogP contribution is -2.47. The van der Waals surface area contributed by atoms with Crippen molar-refractivity contribution in [1.29, 1.82) is 0 Å². The van der Waals surface area contributed by atoms with Crippen LogP contribution in [0.25, 0.3) is 0 Å². The van der Waals surface area contributed by atoms with E-state index in [0.29, 0.717) is 18.2 Å². The summed E-state index contributed by atoms with van der Waals surface area (Å²) in [7, 11) is 1.87. The summed E-state index contributed by atoms with van der Waals surface area (Å²) in [6.45, 7) is 3.50. The van der Waals surface area contributed by atoms with Crippen molar-refractivity contribution >= 4 is 5.91 Å². The van der Waals surface area contributed by atoms with Gasteiger partial charge in [0.25, 0.3) is 5.91 Å². The summed E-state index contributed by atoms with van der Waals surface area (Å²) in [4.78, 5) is 18.3. The Morgan fingerprint density at radius 2 is 2.35 bits per heavy atom. The lowest BCUT2D eigenvalue weighted by atomic mass is 9.93. The Hall–Kier alpha value is -1.36. The summed E-state index contributed by atoms with van der Waals surface area (Å²) in [5.41, 5.74) is 6.22. The van der Waals surface area contributed by atoms with Gasteiger partial charge in [0.05, 0.1) is 6.33 Å². The normalized spacial score (nSPS) is 25.0. The maximum Gasteiger partial charge on any atom is 0.274 e. The van der Waals surface area contributed by atoms with Crippen LogP contribution >= 0.6 is 0 Å². The topological polar surface area (TPSA) is 64.2 Å². The van der Waals surface area contributed by atoms with Gasteiger partial charge < -0.3 is 15.2 Å². The van der Waals surface area contributed by atoms with Gasteiger partial charge in [0.1, 0.15) is 5.69 Å². The largest absolute Gasteiger partial charge is 0.340 e. The van der Waals surface area contributed by atoms with Gasteiger partial charge >= 0.3 is 0 Å². The van der Waals surface area contributed by atoms with Crippen molar-refractivity contribution < 1.29 is 4.79 Å². The Bertz CT molecular complexity index is 401. The molecular weight excluding hydrogens is 216 g/mol. The summed E-state index contributed by atoms with van der Waals surface area (Å²) < 4.78 is 1.79. The van der Waals surface area contributed by atoms with Crippen molar-refractivity contribution in [2.75, 3.05) is 13.1 Å². The molecule has 0 saturated carbocycles. The van der Waals surface area contributed by atoms with Crippen LogP contribution in [-0.2, 0) is 7.05 Å². The highest BCUT2D eigenvalue weighted by molar-refractivity contribution is 5.92. The molecule has 1 aromatic rings. The van der Waals surface area contributed by atoms with E-state index in [1.165, 1.54) is 0 Å². The molecule has 17 heavy (non-hydrogen) atoms. The SMILES string of the molecule is CC1CCC(CN)CN1C(=O)c1cn(C)cn1. The van der Waals surface area contributed by atoms with E-state index in [-0.39, 0.29) is 11.9 Å². The molecule has 0 aliphatic carbocycles. The molecule has 2 rings (SSSR count). The average molecular weight is 236 g/mol. The number of rotatable bonds is 2. The minimum atomic E-state index is 0.0243. The molecule has 1 aliphatic rings. The molecule has 5 heteroatoms. The van der Waals surface area contributed by atoms with E-state index in [4.69, 9.17) is 5.73 Å². The third-order valence-corrected chi connectivity index (χ3v) is 3.50. The Kier molecular flexibility index (Phi) is 3.47. The first-order valence-electron chi connectivity index (χ1n) is 6.10. The van der Waals surface area contributed by atoms with E-state index in [0.717, 1.165) is 19.4 Å². The standard InChI is InChI=1S/C12H20N4O/c1-9-3-4-10(5-13)6-16(9)12(17)11-7-15(2)8-14-11/h7-10H,3-6,13H2,1-2H3. The summed E-state index contributed by atoms with van der Waals surface area (Å²) in [5, 5.41) is 0. The monoisotopic (exact) mass is 236 g/mol. The second kappa shape index (κ2) is 4.87. The second-order valence-electron chi connectivity index (χ2n) is 4.91. The van der Waals surface area contributed by atoms with Gasteiger partial charge in [0.2, 0.25) is 0 Å². The first-order chi connectivity index (χ1) is 8.11. The number of imidazole rings is 1. The Morgan fingerprint density at radius 3 is 2.94 bits per heavy atom. The molecular formula is C12H20N4O. The first-order valence-corrected chi connectivity index (χ1v) is 6.10. The number of amides is 1. The zero-order valence-corrected chi connectivity index (χ0v) is 10.5. The molecule has 0 radical (unpaired) electrons. The van der Waals surface area contributed by atoms with E-state index in [9.17, 15) is 4.79 Å². The number of hydrogen-bond donors (Lipinski definition) is 1. The molecule has 0 aromatic carbocycles. The lowest BCUT2D eigenvalue weighted by molar-refractivity contribution is 0.0561. The molecule has 1 saturated heterocycles. The second-order valence-corrected chi connectivity index (χ2v) is 4.91. The van der Waals surface area contributed by atoms with Gasteiger partial charge in [-0.05, 0) is 32.2 Å². The van der Waals surface area contributed by atoms with E-state index in [1.54, 1.807) is 17.1 Å². The number of nitrogens with two attached hydrogens (primary N) is 1. The molecule has 2 heterocycles. The quantitative estimate of drug-likeness (QED) is 0.818. The molecule has 1 amide bonds. The summed E-state index contributed by atoms with van der Waals surface area (Å²) in [6.07, 6.45) is 5.56. The molecule has 1 aliphatic heterocycles. The van der Waals surface area contributed by atoms with Gasteiger partial charge in [-0.1, -0.05) is 0 Å². The summed E-state index contributed by atoms with van der Waals surface area (Å²) in [5.74, 6) is 0.454. The number of piperidine rings is 1. The van der Waals surface area contributed by atoms with Gasteiger partial charge in [-0.25, -0.2) is 4.98 Å². The number of aryl methyl sites for hydroxylation is 1. The molecule has 2 N–H and O–H groups in total. The van der Waals surface area contributed by atoms with Crippen LogP contribution in [0.3, 0.4) is 0 Å². The maximum atomic E-state index is 12.3. The smallest absolute Gasteiger partial charge is 0.274 e. The zero-order valence-electron chi connectivity index (χ0n) is 10.5. The first kappa shape index (κ1) is 12.1. The minimum Gasteiger partial charge on any atom is -0.340 e. The molecule has 5 nitrogen and oxygen atoms in total. The van der Waals surface area contributed by atoms with Gasteiger partial charge in [0, 0.05) is 25.8 Å². The average Bonchev–Trinajstić information content (AvgIpc) is 2.76. The van der Waals surface area contributed by atoms with E-state index in [1.807, 2.05) is 11.9 Å². The van der Waals surface area contributed by atoms with Crippen LogP contribution in [0, 0.1) is 5.92 Å². The van der Waals surface area contributed by atoms with Crippen molar-refractivity contribution in [2.24, 2.45) is 18.7 Å². The molecule has 0 spiro atoms. The Labute approximate surface area is 102 Å². The van der Waals surface area contributed by atoms with Crippen molar-refractivity contribution in [3.05, 3.63) is 18.2 Å². The van der Waals surface area contributed by atoms with Crippen molar-refractivity contribution in [1.82, 2.24) is 14.5 Å². The van der Waals surface area contributed by atoms with Crippen molar-refractivity contribution in [3.8, 4) is 0 Å². The molecule has 2 unspecified atom stereocenters. The number of carbonyl (C=O) groups excluding carboxylic acids is 1. The fourth-order valence-corrected chi connectivity index (χ4v) is 2.33. The van der Waals surface area contributed by atoms with Gasteiger partial charge in [-0.2, -0.15) is 0 Å². The fourth-order valence-electron chi connectivity index (χ4n) is 2.33. The third-order valence-electron chi connectivity index (χ3n) is 3.50. The predicted octanol–water partition coefficient (Wildman–Crippen LogP) is 0.619. The molecule has 94 valence electrons. The van der Waals surface area contributed by atoms with E-state index >= 15 is 0 Å². The van der Waals surface area contributed by atoms with Crippen LogP contribution in [0.15, 0.2) is 12.5 Å². The number of nitrogens with zero attached hydrogens (tertiary/aromatic N) is 3. The zero-order chi connectivity index (χ0) is 12.4. The number of aromatic nitrogens is 2. The number of hydrogen-bond acceptors (Lipinski definition) is 3. The van der Waals surface area contributed by atoms with Gasteiger partial charge in [0.15, 0.2) is 0 Å². The van der Waals surface area contributed by atoms with Crippen LogP contribution in [-0.4, -0.2) is 39.5 Å². The van der Waals surface area contributed by atoms with Crippen LogP contribution in [0.1, 0.15) is 30.3 Å².